The zero-order chi connectivity index (χ0) is 9.84. The number of rotatable bonds is 4. The summed E-state index contributed by atoms with van der Waals surface area (Å²) in [5, 5.41) is 6.61. The molecule has 0 amide bonds. The first kappa shape index (κ1) is 10.7. The Morgan fingerprint density at radius 2 is 2.23 bits per heavy atom. The molecule has 1 unspecified atom stereocenters. The van der Waals surface area contributed by atoms with Gasteiger partial charge in [0.05, 0.1) is 16.7 Å². The predicted molar refractivity (Wildman–Crippen MR) is 58.1 cm³/mol. The summed E-state index contributed by atoms with van der Waals surface area (Å²) in [6.07, 6.45) is 1.15. The lowest BCUT2D eigenvalue weighted by molar-refractivity contribution is 0.450. The van der Waals surface area contributed by atoms with Crippen LogP contribution in [0.4, 0.5) is 0 Å². The van der Waals surface area contributed by atoms with Gasteiger partial charge in [0.25, 0.3) is 0 Å². The first-order valence-corrected chi connectivity index (χ1v) is 5.60. The van der Waals surface area contributed by atoms with Crippen LogP contribution in [-0.4, -0.2) is 12.0 Å². The molecule has 0 aliphatic rings. The van der Waals surface area contributed by atoms with Gasteiger partial charge < -0.3 is 5.32 Å². The van der Waals surface area contributed by atoms with Crippen LogP contribution in [-0.2, 0) is 0 Å². The largest absolute Gasteiger partial charge is 0.312 e. The number of aryl methyl sites for hydroxylation is 1. The van der Waals surface area contributed by atoms with Gasteiger partial charge in [-0.25, -0.2) is 4.98 Å². The zero-order valence-electron chi connectivity index (χ0n) is 8.79. The molecule has 0 spiro atoms. The van der Waals surface area contributed by atoms with Crippen molar-refractivity contribution in [2.24, 2.45) is 5.92 Å². The van der Waals surface area contributed by atoms with E-state index in [1.165, 1.54) is 5.69 Å². The van der Waals surface area contributed by atoms with Crippen molar-refractivity contribution in [3.05, 3.63) is 16.1 Å². The fourth-order valence-electron chi connectivity index (χ4n) is 1.40. The smallest absolute Gasteiger partial charge is 0.0898 e. The fraction of sp³-hybridized carbons (Fsp3) is 0.700. The van der Waals surface area contributed by atoms with Gasteiger partial charge >= 0.3 is 0 Å². The van der Waals surface area contributed by atoms with Crippen molar-refractivity contribution in [2.75, 3.05) is 7.05 Å². The molecule has 0 bridgehead atoms. The minimum absolute atomic E-state index is 0.421. The van der Waals surface area contributed by atoms with Crippen LogP contribution >= 0.6 is 11.3 Å². The molecule has 74 valence electrons. The molecule has 0 aliphatic heterocycles. The molecule has 0 saturated heterocycles. The highest BCUT2D eigenvalue weighted by Gasteiger charge is 2.13. The molecule has 13 heavy (non-hydrogen) atoms. The number of thiazole rings is 1. The van der Waals surface area contributed by atoms with Crippen molar-refractivity contribution in [1.29, 1.82) is 0 Å². The molecule has 0 aromatic carbocycles. The van der Waals surface area contributed by atoms with Crippen LogP contribution in [0.2, 0.25) is 0 Å². The highest BCUT2D eigenvalue weighted by Crippen LogP contribution is 2.22. The summed E-state index contributed by atoms with van der Waals surface area (Å²) in [6, 6.07) is 0.421. The van der Waals surface area contributed by atoms with Gasteiger partial charge in [-0.15, -0.1) is 11.3 Å². The van der Waals surface area contributed by atoms with E-state index in [0.717, 1.165) is 11.4 Å². The summed E-state index contributed by atoms with van der Waals surface area (Å²) in [4.78, 5) is 4.49. The molecule has 1 aromatic rings. The Morgan fingerprint density at radius 1 is 1.54 bits per heavy atom. The SMILES string of the molecule is CNC(CC(C)C)c1csc(C)n1. The Kier molecular flexibility index (Phi) is 3.88. The van der Waals surface area contributed by atoms with E-state index in [1.807, 2.05) is 7.05 Å². The summed E-state index contributed by atoms with van der Waals surface area (Å²) in [7, 11) is 2.00. The molecule has 1 rings (SSSR count). The first-order valence-electron chi connectivity index (χ1n) is 4.72. The highest BCUT2D eigenvalue weighted by molar-refractivity contribution is 7.09. The van der Waals surface area contributed by atoms with E-state index < -0.39 is 0 Å². The van der Waals surface area contributed by atoms with Gasteiger partial charge in [0.2, 0.25) is 0 Å². The van der Waals surface area contributed by atoms with Crippen LogP contribution in [0.3, 0.4) is 0 Å². The fourth-order valence-corrected chi connectivity index (χ4v) is 2.06. The van der Waals surface area contributed by atoms with Crippen molar-refractivity contribution >= 4 is 11.3 Å². The third kappa shape index (κ3) is 3.08. The lowest BCUT2D eigenvalue weighted by Crippen LogP contribution is -2.18. The van der Waals surface area contributed by atoms with Gasteiger partial charge in [0.1, 0.15) is 0 Å². The lowest BCUT2D eigenvalue weighted by Gasteiger charge is -2.15. The van der Waals surface area contributed by atoms with Crippen molar-refractivity contribution in [3.63, 3.8) is 0 Å². The summed E-state index contributed by atoms with van der Waals surface area (Å²) < 4.78 is 0. The van der Waals surface area contributed by atoms with Gasteiger partial charge in [-0.3, -0.25) is 0 Å². The molecule has 0 saturated carbocycles. The average molecular weight is 198 g/mol. The first-order chi connectivity index (χ1) is 6.13. The van der Waals surface area contributed by atoms with Gasteiger partial charge in [0, 0.05) is 5.38 Å². The molecule has 0 aliphatic carbocycles. The monoisotopic (exact) mass is 198 g/mol. The van der Waals surface area contributed by atoms with Crippen molar-refractivity contribution < 1.29 is 0 Å². The average Bonchev–Trinajstić information content (AvgIpc) is 2.47. The molecule has 1 N–H and O–H groups in total. The number of aromatic nitrogens is 1. The molecule has 0 fully saturated rings. The van der Waals surface area contributed by atoms with Crippen molar-refractivity contribution in [2.45, 2.75) is 33.2 Å². The number of nitrogens with zero attached hydrogens (tertiary/aromatic N) is 1. The second-order valence-electron chi connectivity index (χ2n) is 3.76. The third-order valence-corrected chi connectivity index (χ3v) is 2.84. The Labute approximate surface area is 84.4 Å². The highest BCUT2D eigenvalue weighted by atomic mass is 32.1. The van der Waals surface area contributed by atoms with Crippen LogP contribution in [0.5, 0.6) is 0 Å². The van der Waals surface area contributed by atoms with Crippen molar-refractivity contribution in [1.82, 2.24) is 10.3 Å². The maximum atomic E-state index is 4.49. The summed E-state index contributed by atoms with van der Waals surface area (Å²) in [5.41, 5.74) is 1.19. The van der Waals surface area contributed by atoms with Crippen LogP contribution in [0, 0.1) is 12.8 Å². The molecular weight excluding hydrogens is 180 g/mol. The van der Waals surface area contributed by atoms with E-state index in [0.29, 0.717) is 12.0 Å². The normalized spacial score (nSPS) is 13.6. The molecule has 1 aromatic heterocycles. The van der Waals surface area contributed by atoms with Crippen LogP contribution < -0.4 is 5.32 Å². The van der Waals surface area contributed by atoms with E-state index in [-0.39, 0.29) is 0 Å². The maximum absolute atomic E-state index is 4.49. The van der Waals surface area contributed by atoms with Gasteiger partial charge in [-0.2, -0.15) is 0 Å². The molecular formula is C10H18N2S. The molecule has 3 heteroatoms. The van der Waals surface area contributed by atoms with E-state index in [1.54, 1.807) is 11.3 Å². The van der Waals surface area contributed by atoms with Gasteiger partial charge in [-0.1, -0.05) is 13.8 Å². The Morgan fingerprint density at radius 3 is 2.62 bits per heavy atom. The standard InChI is InChI=1S/C10H18N2S/c1-7(2)5-9(11-4)10-6-13-8(3)12-10/h6-7,9,11H,5H2,1-4H3. The second kappa shape index (κ2) is 4.72. The summed E-state index contributed by atoms with van der Waals surface area (Å²) >= 11 is 1.72. The molecule has 1 heterocycles. The van der Waals surface area contributed by atoms with Gasteiger partial charge in [-0.05, 0) is 26.3 Å². The number of hydrogen-bond acceptors (Lipinski definition) is 3. The summed E-state index contributed by atoms with van der Waals surface area (Å²) in [5.74, 6) is 0.708. The Hall–Kier alpha value is -0.410. The quantitative estimate of drug-likeness (QED) is 0.804. The van der Waals surface area contributed by atoms with E-state index in [9.17, 15) is 0 Å². The van der Waals surface area contributed by atoms with E-state index in [4.69, 9.17) is 0 Å². The molecule has 1 atom stereocenters. The molecule has 2 nitrogen and oxygen atoms in total. The van der Waals surface area contributed by atoms with Crippen LogP contribution in [0.15, 0.2) is 5.38 Å². The maximum Gasteiger partial charge on any atom is 0.0898 e. The van der Waals surface area contributed by atoms with Crippen molar-refractivity contribution in [3.8, 4) is 0 Å². The van der Waals surface area contributed by atoms with E-state index >= 15 is 0 Å². The predicted octanol–water partition coefficient (Wildman–Crippen LogP) is 2.76. The number of hydrogen-bond donors (Lipinski definition) is 1. The minimum Gasteiger partial charge on any atom is -0.312 e. The molecule has 0 radical (unpaired) electrons. The zero-order valence-corrected chi connectivity index (χ0v) is 9.61. The minimum atomic E-state index is 0.421. The lowest BCUT2D eigenvalue weighted by atomic mass is 10.0. The summed E-state index contributed by atoms with van der Waals surface area (Å²) in [6.45, 7) is 6.53. The second-order valence-corrected chi connectivity index (χ2v) is 4.82. The third-order valence-electron chi connectivity index (χ3n) is 2.05. The topological polar surface area (TPSA) is 24.9 Å². The number of nitrogens with one attached hydrogen (secondary N) is 1. The Balaban J connectivity index is 2.66. The Bertz CT molecular complexity index is 255. The van der Waals surface area contributed by atoms with Crippen LogP contribution in [0.25, 0.3) is 0 Å². The van der Waals surface area contributed by atoms with Gasteiger partial charge in [0.15, 0.2) is 0 Å². The van der Waals surface area contributed by atoms with E-state index in [2.05, 4.69) is 36.5 Å². The van der Waals surface area contributed by atoms with Crippen LogP contribution in [0.1, 0.15) is 37.0 Å².